The Morgan fingerprint density at radius 2 is 1.70 bits per heavy atom. The average Bonchev–Trinajstić information content (AvgIpc) is 2.53. The van der Waals surface area contributed by atoms with Crippen molar-refractivity contribution in [2.75, 3.05) is 20.6 Å². The van der Waals surface area contributed by atoms with Gasteiger partial charge in [0.2, 0.25) is 0 Å². The van der Waals surface area contributed by atoms with Crippen molar-refractivity contribution >= 4 is 6.29 Å². The molecule has 0 aromatic heterocycles. The zero-order valence-electron chi connectivity index (χ0n) is 15.0. The normalized spacial score (nSPS) is 13.0. The van der Waals surface area contributed by atoms with E-state index in [1.807, 2.05) is 27.9 Å². The van der Waals surface area contributed by atoms with E-state index in [-0.39, 0.29) is 12.2 Å². The number of alkyl halides is 1. The summed E-state index contributed by atoms with van der Waals surface area (Å²) in [6.45, 7) is 5.84. The molecule has 136 valence electrons. The summed E-state index contributed by atoms with van der Waals surface area (Å²) < 4.78 is 13.4. The molecular weight excluding hydrogens is 297 g/mol. The van der Waals surface area contributed by atoms with Crippen LogP contribution >= 0.6 is 0 Å². The van der Waals surface area contributed by atoms with Gasteiger partial charge in [-0.2, -0.15) is 0 Å². The minimum Gasteiger partial charge on any atom is -0.402 e. The number of halogens is 1. The molecule has 0 aromatic carbocycles. The van der Waals surface area contributed by atoms with E-state index < -0.39 is 6.17 Å². The van der Waals surface area contributed by atoms with E-state index >= 15 is 0 Å². The molecule has 0 bridgehead atoms. The number of nitrogens with two attached hydrogens (primary N) is 3. The first-order valence-corrected chi connectivity index (χ1v) is 7.62. The largest absolute Gasteiger partial charge is 0.402 e. The van der Waals surface area contributed by atoms with Gasteiger partial charge in [-0.05, 0) is 46.0 Å². The van der Waals surface area contributed by atoms with Crippen LogP contribution in [0.5, 0.6) is 0 Å². The smallest absolute Gasteiger partial charge is 0.167 e. The maximum absolute atomic E-state index is 13.4. The fourth-order valence-corrected chi connectivity index (χ4v) is 1.09. The molecule has 1 atom stereocenters. The van der Waals surface area contributed by atoms with Gasteiger partial charge in [-0.1, -0.05) is 13.8 Å². The quantitative estimate of drug-likeness (QED) is 0.259. The highest BCUT2D eigenvalue weighted by atomic mass is 19.1. The number of hydrogen-bond acceptors (Lipinski definition) is 6. The van der Waals surface area contributed by atoms with E-state index in [0.717, 1.165) is 0 Å². The molecule has 0 spiro atoms. The van der Waals surface area contributed by atoms with E-state index in [9.17, 15) is 9.18 Å². The lowest BCUT2D eigenvalue weighted by molar-refractivity contribution is -0.105. The van der Waals surface area contributed by atoms with Crippen molar-refractivity contribution in [3.63, 3.8) is 0 Å². The minimum atomic E-state index is -1.06. The molecule has 1 unspecified atom stereocenters. The minimum absolute atomic E-state index is 0.0326. The summed E-state index contributed by atoms with van der Waals surface area (Å²) in [5.74, 6) is 0. The summed E-state index contributed by atoms with van der Waals surface area (Å²) in [7, 11) is 3.75. The molecule has 0 amide bonds. The summed E-state index contributed by atoms with van der Waals surface area (Å²) >= 11 is 0. The van der Waals surface area contributed by atoms with Crippen molar-refractivity contribution in [3.8, 4) is 0 Å². The maximum atomic E-state index is 13.4. The number of carbonyl (C=O) groups excluding carboxylic acids is 1. The summed E-state index contributed by atoms with van der Waals surface area (Å²) in [5.41, 5.74) is 17.6. The van der Waals surface area contributed by atoms with Crippen molar-refractivity contribution in [2.45, 2.75) is 39.8 Å². The Labute approximate surface area is 140 Å². The van der Waals surface area contributed by atoms with E-state index in [1.54, 1.807) is 19.1 Å². The third-order valence-electron chi connectivity index (χ3n) is 2.05. The molecule has 6 nitrogen and oxygen atoms in total. The monoisotopic (exact) mass is 331 g/mol. The molecule has 0 rings (SSSR count). The topological polar surface area (TPSA) is 119 Å². The zero-order chi connectivity index (χ0) is 18.7. The van der Waals surface area contributed by atoms with Crippen LogP contribution in [-0.2, 0) is 4.79 Å². The number of rotatable bonds is 8. The van der Waals surface area contributed by atoms with E-state index in [1.165, 1.54) is 6.20 Å². The lowest BCUT2D eigenvalue weighted by Crippen LogP contribution is -2.21. The molecule has 7 heteroatoms. The standard InChI is InChI=1S/C12H21FN4O.C2H7N.C2H6/c1-9(14)2-4-11(15)5-3-10(13)6-17-7-12(16)8-18;1-3-2;1-2/h2,4,7-8,10,17H,3,5-6,14-16H2,1H3;3H,1-2H3;1-2H3/b9-2-,11-4-,12-7-;;. The zero-order valence-corrected chi connectivity index (χ0v) is 15.0. The predicted octanol–water partition coefficient (Wildman–Crippen LogP) is 1.26. The van der Waals surface area contributed by atoms with Crippen LogP contribution in [0, 0.1) is 0 Å². The molecule has 0 heterocycles. The van der Waals surface area contributed by atoms with E-state index in [0.29, 0.717) is 30.5 Å². The number of carbonyl (C=O) groups is 1. The second kappa shape index (κ2) is 20.0. The lowest BCUT2D eigenvalue weighted by Gasteiger charge is -2.08. The summed E-state index contributed by atoms with van der Waals surface area (Å²) in [5, 5.41) is 5.37. The molecule has 8 N–H and O–H groups in total. The number of hydrogen-bond donors (Lipinski definition) is 5. The number of aldehydes is 1. The van der Waals surface area contributed by atoms with Gasteiger partial charge in [0.05, 0.1) is 5.70 Å². The highest BCUT2D eigenvalue weighted by Crippen LogP contribution is 2.06. The van der Waals surface area contributed by atoms with Crippen molar-refractivity contribution in [1.29, 1.82) is 0 Å². The second-order valence-corrected chi connectivity index (χ2v) is 4.46. The Hall–Kier alpha value is -2.02. The molecule has 23 heavy (non-hydrogen) atoms. The van der Waals surface area contributed by atoms with E-state index in [4.69, 9.17) is 17.2 Å². The lowest BCUT2D eigenvalue weighted by atomic mass is 10.1. The highest BCUT2D eigenvalue weighted by Gasteiger charge is 2.05. The van der Waals surface area contributed by atoms with Gasteiger partial charge in [0.15, 0.2) is 6.29 Å². The third-order valence-corrected chi connectivity index (χ3v) is 2.05. The van der Waals surface area contributed by atoms with Crippen LogP contribution in [0.4, 0.5) is 4.39 Å². The molecule has 0 fully saturated rings. The Morgan fingerprint density at radius 3 is 2.13 bits per heavy atom. The molecule has 0 saturated carbocycles. The van der Waals surface area contributed by atoms with Crippen molar-refractivity contribution in [2.24, 2.45) is 17.2 Å². The van der Waals surface area contributed by atoms with E-state index in [2.05, 4.69) is 10.6 Å². The molecule has 0 saturated heterocycles. The van der Waals surface area contributed by atoms with Crippen LogP contribution in [0.2, 0.25) is 0 Å². The molecule has 0 aliphatic heterocycles. The van der Waals surface area contributed by atoms with Gasteiger partial charge in [-0.15, -0.1) is 0 Å². The molecule has 0 radical (unpaired) electrons. The van der Waals surface area contributed by atoms with Crippen LogP contribution in [0.25, 0.3) is 0 Å². The summed E-state index contributed by atoms with van der Waals surface area (Å²) in [6, 6.07) is 0. The van der Waals surface area contributed by atoms with Crippen molar-refractivity contribution in [3.05, 3.63) is 35.4 Å². The van der Waals surface area contributed by atoms with Gasteiger partial charge in [0.25, 0.3) is 0 Å². The average molecular weight is 331 g/mol. The molecular formula is C16H34FN5O. The summed E-state index contributed by atoms with van der Waals surface area (Å²) in [4.78, 5) is 10.2. The molecule has 0 aromatic rings. The van der Waals surface area contributed by atoms with Crippen molar-refractivity contribution in [1.82, 2.24) is 10.6 Å². The van der Waals surface area contributed by atoms with Gasteiger partial charge in [-0.25, -0.2) is 4.39 Å². The fraction of sp³-hybridized carbons (Fsp3) is 0.562. The van der Waals surface area contributed by atoms with Crippen LogP contribution in [0.1, 0.15) is 33.6 Å². The first kappa shape index (κ1) is 25.9. The van der Waals surface area contributed by atoms with Crippen LogP contribution in [-0.4, -0.2) is 33.1 Å². The first-order chi connectivity index (χ1) is 10.9. The Kier molecular flexibility index (Phi) is 22.5. The Balaban J connectivity index is -0.000000710. The third kappa shape index (κ3) is 25.3. The molecule has 0 aliphatic rings. The Morgan fingerprint density at radius 1 is 1.17 bits per heavy atom. The van der Waals surface area contributed by atoms with Crippen LogP contribution in [0.3, 0.4) is 0 Å². The fourth-order valence-electron chi connectivity index (χ4n) is 1.09. The maximum Gasteiger partial charge on any atom is 0.167 e. The first-order valence-electron chi connectivity index (χ1n) is 7.62. The Bertz CT molecular complexity index is 363. The van der Waals surface area contributed by atoms with Crippen molar-refractivity contribution < 1.29 is 9.18 Å². The molecule has 0 aliphatic carbocycles. The van der Waals surface area contributed by atoms with Crippen LogP contribution in [0.15, 0.2) is 35.4 Å². The van der Waals surface area contributed by atoms with Crippen LogP contribution < -0.4 is 27.8 Å². The highest BCUT2D eigenvalue weighted by molar-refractivity contribution is 5.71. The SMILES string of the molecule is C/C(N)=C/C=C(\N)CCC(F)CN/C=C(\N)C=O.CC.CNC. The van der Waals surface area contributed by atoms with Gasteiger partial charge < -0.3 is 27.8 Å². The number of allylic oxidation sites excluding steroid dienone is 5. The van der Waals surface area contributed by atoms with Gasteiger partial charge >= 0.3 is 0 Å². The second-order valence-electron chi connectivity index (χ2n) is 4.46. The summed E-state index contributed by atoms with van der Waals surface area (Å²) in [6.07, 6.45) is 4.78. The number of nitrogens with one attached hydrogen (secondary N) is 2. The van der Waals surface area contributed by atoms with Gasteiger partial charge in [0.1, 0.15) is 6.17 Å². The predicted molar refractivity (Wildman–Crippen MR) is 97.0 cm³/mol. The van der Waals surface area contributed by atoms with Gasteiger partial charge in [-0.3, -0.25) is 4.79 Å². The van der Waals surface area contributed by atoms with Gasteiger partial charge in [0, 0.05) is 24.1 Å².